The van der Waals surface area contributed by atoms with Crippen LogP contribution in [0.15, 0.2) is 39.7 Å². The van der Waals surface area contributed by atoms with Crippen molar-refractivity contribution in [2.24, 2.45) is 0 Å². The predicted octanol–water partition coefficient (Wildman–Crippen LogP) is 1.37. The van der Waals surface area contributed by atoms with E-state index in [1.165, 1.54) is 17.0 Å². The van der Waals surface area contributed by atoms with E-state index in [1.54, 1.807) is 23.1 Å². The third-order valence-electron chi connectivity index (χ3n) is 3.04. The van der Waals surface area contributed by atoms with Gasteiger partial charge >= 0.3 is 0 Å². The first kappa shape index (κ1) is 14.0. The molecule has 0 N–H and O–H groups in total. The molecular formula is C14H17N3O3. The van der Waals surface area contributed by atoms with E-state index in [1.807, 2.05) is 13.8 Å². The van der Waals surface area contributed by atoms with Crippen molar-refractivity contribution in [3.8, 4) is 11.5 Å². The van der Waals surface area contributed by atoms with Crippen LogP contribution in [0.3, 0.4) is 0 Å². The van der Waals surface area contributed by atoms with Crippen molar-refractivity contribution < 1.29 is 9.21 Å². The summed E-state index contributed by atoms with van der Waals surface area (Å²) in [5.74, 6) is 0.440. The van der Waals surface area contributed by atoms with E-state index < -0.39 is 0 Å². The minimum absolute atomic E-state index is 0.0605. The van der Waals surface area contributed by atoms with E-state index in [2.05, 4.69) is 5.10 Å². The Hall–Kier alpha value is -2.37. The number of nitrogens with zero attached hydrogens (tertiary/aromatic N) is 3. The third-order valence-corrected chi connectivity index (χ3v) is 3.04. The standard InChI is InChI=1S/C14H17N3O3/c1-3-16(4-2)14(19)10-17-13(18)8-7-11(15-17)12-6-5-9-20-12/h5-9H,3-4,10H2,1-2H3. The molecule has 20 heavy (non-hydrogen) atoms. The molecule has 0 aliphatic carbocycles. The van der Waals surface area contributed by atoms with Gasteiger partial charge in [-0.1, -0.05) is 0 Å². The fourth-order valence-corrected chi connectivity index (χ4v) is 1.92. The molecule has 2 aromatic rings. The molecule has 0 saturated heterocycles. The lowest BCUT2D eigenvalue weighted by atomic mass is 10.3. The number of hydrogen-bond acceptors (Lipinski definition) is 4. The van der Waals surface area contributed by atoms with Crippen LogP contribution in [0.4, 0.5) is 0 Å². The first-order valence-corrected chi connectivity index (χ1v) is 6.55. The smallest absolute Gasteiger partial charge is 0.267 e. The maximum absolute atomic E-state index is 12.0. The highest BCUT2D eigenvalue weighted by Crippen LogP contribution is 2.14. The topological polar surface area (TPSA) is 68.3 Å². The molecule has 0 aliphatic heterocycles. The number of carbonyl (C=O) groups excluding carboxylic acids is 1. The molecule has 0 saturated carbocycles. The lowest BCUT2D eigenvalue weighted by Crippen LogP contribution is -2.37. The molecule has 106 valence electrons. The average Bonchev–Trinajstić information content (AvgIpc) is 2.96. The molecule has 0 atom stereocenters. The zero-order valence-electron chi connectivity index (χ0n) is 11.6. The van der Waals surface area contributed by atoms with Gasteiger partial charge in [-0.15, -0.1) is 0 Å². The SMILES string of the molecule is CCN(CC)C(=O)Cn1nc(-c2ccco2)ccc1=O. The van der Waals surface area contributed by atoms with E-state index in [9.17, 15) is 9.59 Å². The monoisotopic (exact) mass is 275 g/mol. The van der Waals surface area contributed by atoms with E-state index >= 15 is 0 Å². The Labute approximate surface area is 116 Å². The Morgan fingerprint density at radius 3 is 2.65 bits per heavy atom. The normalized spacial score (nSPS) is 10.5. The van der Waals surface area contributed by atoms with Crippen LogP contribution in [0, 0.1) is 0 Å². The first-order valence-electron chi connectivity index (χ1n) is 6.55. The number of hydrogen-bond donors (Lipinski definition) is 0. The highest BCUT2D eigenvalue weighted by molar-refractivity contribution is 5.75. The summed E-state index contributed by atoms with van der Waals surface area (Å²) in [5.41, 5.74) is 0.225. The Bertz CT molecular complexity index is 627. The van der Waals surface area contributed by atoms with Gasteiger partial charge in [0.15, 0.2) is 5.76 Å². The predicted molar refractivity (Wildman–Crippen MR) is 74.1 cm³/mol. The molecule has 2 heterocycles. The maximum atomic E-state index is 12.0. The van der Waals surface area contributed by atoms with Gasteiger partial charge in [0.25, 0.3) is 5.56 Å². The van der Waals surface area contributed by atoms with Crippen molar-refractivity contribution in [2.75, 3.05) is 13.1 Å². The van der Waals surface area contributed by atoms with Crippen molar-refractivity contribution in [2.45, 2.75) is 20.4 Å². The molecule has 6 heteroatoms. The Balaban J connectivity index is 2.26. The molecule has 6 nitrogen and oxygen atoms in total. The van der Waals surface area contributed by atoms with E-state index in [4.69, 9.17) is 4.42 Å². The summed E-state index contributed by atoms with van der Waals surface area (Å²) in [7, 11) is 0. The van der Waals surface area contributed by atoms with Crippen molar-refractivity contribution in [1.29, 1.82) is 0 Å². The molecule has 0 spiro atoms. The van der Waals surface area contributed by atoms with Crippen LogP contribution in [-0.2, 0) is 11.3 Å². The average molecular weight is 275 g/mol. The molecule has 0 unspecified atom stereocenters. The molecule has 0 aromatic carbocycles. The largest absolute Gasteiger partial charge is 0.463 e. The number of likely N-dealkylation sites (N-methyl/N-ethyl adjacent to an activating group) is 1. The van der Waals surface area contributed by atoms with Gasteiger partial charge in [-0.05, 0) is 32.0 Å². The van der Waals surface area contributed by atoms with Crippen LogP contribution in [0.1, 0.15) is 13.8 Å². The molecular weight excluding hydrogens is 258 g/mol. The summed E-state index contributed by atoms with van der Waals surface area (Å²) >= 11 is 0. The van der Waals surface area contributed by atoms with Crippen LogP contribution in [0.2, 0.25) is 0 Å². The summed E-state index contributed by atoms with van der Waals surface area (Å²) in [6.07, 6.45) is 1.54. The van der Waals surface area contributed by atoms with Crippen LogP contribution < -0.4 is 5.56 Å². The molecule has 0 radical (unpaired) electrons. The fraction of sp³-hybridized carbons (Fsp3) is 0.357. The zero-order chi connectivity index (χ0) is 14.5. The lowest BCUT2D eigenvalue weighted by Gasteiger charge is -2.18. The summed E-state index contributed by atoms with van der Waals surface area (Å²) in [4.78, 5) is 25.5. The van der Waals surface area contributed by atoms with Crippen LogP contribution in [-0.4, -0.2) is 33.7 Å². The molecule has 2 aromatic heterocycles. The summed E-state index contributed by atoms with van der Waals surface area (Å²) in [6, 6.07) is 6.47. The van der Waals surface area contributed by atoms with Crippen molar-refractivity contribution in [3.05, 3.63) is 40.9 Å². The van der Waals surface area contributed by atoms with Crippen LogP contribution in [0.5, 0.6) is 0 Å². The second-order valence-electron chi connectivity index (χ2n) is 4.26. The maximum Gasteiger partial charge on any atom is 0.267 e. The number of amides is 1. The molecule has 0 fully saturated rings. The summed E-state index contributed by atoms with van der Waals surface area (Å²) in [5, 5.41) is 4.17. The fourth-order valence-electron chi connectivity index (χ4n) is 1.92. The second-order valence-corrected chi connectivity index (χ2v) is 4.26. The second kappa shape index (κ2) is 6.18. The Kier molecular flexibility index (Phi) is 4.34. The Morgan fingerprint density at radius 1 is 1.30 bits per heavy atom. The summed E-state index contributed by atoms with van der Waals surface area (Å²) < 4.78 is 6.40. The van der Waals surface area contributed by atoms with Gasteiger partial charge < -0.3 is 9.32 Å². The van der Waals surface area contributed by atoms with Crippen molar-refractivity contribution in [1.82, 2.24) is 14.7 Å². The van der Waals surface area contributed by atoms with Gasteiger partial charge in [0, 0.05) is 19.2 Å². The quantitative estimate of drug-likeness (QED) is 0.826. The van der Waals surface area contributed by atoms with Gasteiger partial charge in [-0.25, -0.2) is 4.68 Å². The highest BCUT2D eigenvalue weighted by Gasteiger charge is 2.13. The number of furan rings is 1. The number of carbonyl (C=O) groups is 1. The lowest BCUT2D eigenvalue weighted by molar-refractivity contribution is -0.131. The highest BCUT2D eigenvalue weighted by atomic mass is 16.3. The van der Waals surface area contributed by atoms with Gasteiger partial charge in [-0.3, -0.25) is 9.59 Å². The zero-order valence-corrected chi connectivity index (χ0v) is 11.6. The molecule has 0 bridgehead atoms. The van der Waals surface area contributed by atoms with Crippen LogP contribution >= 0.6 is 0 Å². The van der Waals surface area contributed by atoms with E-state index in [-0.39, 0.29) is 18.0 Å². The van der Waals surface area contributed by atoms with E-state index in [0.29, 0.717) is 24.5 Å². The minimum Gasteiger partial charge on any atom is -0.463 e. The number of rotatable bonds is 5. The summed E-state index contributed by atoms with van der Waals surface area (Å²) in [6.45, 7) is 4.97. The molecule has 2 rings (SSSR count). The van der Waals surface area contributed by atoms with Crippen molar-refractivity contribution >= 4 is 5.91 Å². The minimum atomic E-state index is -0.305. The van der Waals surface area contributed by atoms with Gasteiger partial charge in [0.2, 0.25) is 5.91 Å². The molecule has 0 aliphatic rings. The van der Waals surface area contributed by atoms with Crippen molar-refractivity contribution in [3.63, 3.8) is 0 Å². The molecule has 1 amide bonds. The Morgan fingerprint density at radius 2 is 2.05 bits per heavy atom. The van der Waals surface area contributed by atoms with Gasteiger partial charge in [0.05, 0.1) is 6.26 Å². The first-order chi connectivity index (χ1) is 9.65. The number of aromatic nitrogens is 2. The van der Waals surface area contributed by atoms with Gasteiger partial charge in [-0.2, -0.15) is 5.10 Å². The third kappa shape index (κ3) is 2.96. The van der Waals surface area contributed by atoms with E-state index in [0.717, 1.165) is 0 Å². The van der Waals surface area contributed by atoms with Crippen LogP contribution in [0.25, 0.3) is 11.5 Å². The van der Waals surface area contributed by atoms with Gasteiger partial charge in [0.1, 0.15) is 12.2 Å².